The number of benzene rings is 1. The van der Waals surface area contributed by atoms with E-state index >= 15 is 0 Å². The van der Waals surface area contributed by atoms with E-state index < -0.39 is 0 Å². The zero-order chi connectivity index (χ0) is 15.4. The van der Waals surface area contributed by atoms with E-state index in [-0.39, 0.29) is 12.6 Å². The molecular formula is C14H20ClN3O2S. The van der Waals surface area contributed by atoms with Gasteiger partial charge in [0.25, 0.3) is 0 Å². The van der Waals surface area contributed by atoms with Crippen molar-refractivity contribution < 1.29 is 9.90 Å². The molecule has 0 aromatic heterocycles. The first-order valence-corrected chi connectivity index (χ1v) is 7.70. The van der Waals surface area contributed by atoms with Gasteiger partial charge in [-0.2, -0.15) is 0 Å². The molecule has 0 aliphatic carbocycles. The van der Waals surface area contributed by atoms with E-state index in [9.17, 15) is 4.79 Å². The zero-order valence-electron chi connectivity index (χ0n) is 12.0. The van der Waals surface area contributed by atoms with Crippen LogP contribution in [-0.2, 0) is 0 Å². The minimum absolute atomic E-state index is 0.0591. The molecule has 0 bridgehead atoms. The number of amides is 2. The molecule has 2 rings (SSSR count). The van der Waals surface area contributed by atoms with Gasteiger partial charge in [-0.25, -0.2) is 4.79 Å². The van der Waals surface area contributed by atoms with Gasteiger partial charge in [-0.15, -0.1) is 12.6 Å². The molecule has 116 valence electrons. The second-order valence-electron chi connectivity index (χ2n) is 5.03. The number of halogens is 1. The number of thiol groups is 1. The Morgan fingerprint density at radius 2 is 2.05 bits per heavy atom. The number of β-amino-alcohol motifs (C(OH)–C–C–N with tert-alkyl or cyclic N) is 1. The largest absolute Gasteiger partial charge is 0.395 e. The molecular weight excluding hydrogens is 310 g/mol. The molecule has 1 aliphatic rings. The van der Waals surface area contributed by atoms with Crippen LogP contribution in [0.3, 0.4) is 0 Å². The highest BCUT2D eigenvalue weighted by atomic mass is 35.5. The van der Waals surface area contributed by atoms with Gasteiger partial charge in [0.2, 0.25) is 0 Å². The lowest BCUT2D eigenvalue weighted by Gasteiger charge is -2.36. The first kappa shape index (κ1) is 16.4. The van der Waals surface area contributed by atoms with Crippen molar-refractivity contribution in [1.29, 1.82) is 0 Å². The summed E-state index contributed by atoms with van der Waals surface area (Å²) in [5.41, 5.74) is 0.702. The lowest BCUT2D eigenvalue weighted by atomic mass is 10.3. The minimum Gasteiger partial charge on any atom is -0.395 e. The van der Waals surface area contributed by atoms with Crippen LogP contribution in [0.5, 0.6) is 0 Å². The predicted octanol–water partition coefficient (Wildman–Crippen LogP) is 1.79. The molecule has 0 radical (unpaired) electrons. The molecule has 21 heavy (non-hydrogen) atoms. The second-order valence-corrected chi connectivity index (χ2v) is 5.95. The van der Waals surface area contributed by atoms with Crippen LogP contribution in [0, 0.1) is 0 Å². The molecule has 0 spiro atoms. The monoisotopic (exact) mass is 329 g/mol. The number of aliphatic hydroxyl groups is 1. The van der Waals surface area contributed by atoms with Crippen LogP contribution in [0.4, 0.5) is 10.5 Å². The average Bonchev–Trinajstić information content (AvgIpc) is 2.49. The number of rotatable bonds is 3. The number of carbonyl (C=O) groups is 1. The molecule has 0 unspecified atom stereocenters. The van der Waals surface area contributed by atoms with Gasteiger partial charge in [0.1, 0.15) is 0 Å². The number of anilines is 1. The van der Waals surface area contributed by atoms with Crippen molar-refractivity contribution in [3.63, 3.8) is 0 Å². The molecule has 1 aliphatic heterocycles. The Kier molecular flexibility index (Phi) is 5.75. The van der Waals surface area contributed by atoms with Crippen molar-refractivity contribution in [2.24, 2.45) is 0 Å². The van der Waals surface area contributed by atoms with Crippen LogP contribution in [-0.4, -0.2) is 67.3 Å². The molecule has 0 saturated carbocycles. The lowest BCUT2D eigenvalue weighted by Crippen LogP contribution is -2.52. The number of aliphatic hydroxyl groups excluding tert-OH is 1. The number of nitrogens with zero attached hydrogens (tertiary/aromatic N) is 3. The third kappa shape index (κ3) is 4.03. The fourth-order valence-electron chi connectivity index (χ4n) is 2.38. The quantitative estimate of drug-likeness (QED) is 0.831. The maximum atomic E-state index is 12.5. The van der Waals surface area contributed by atoms with Crippen LogP contribution in [0.25, 0.3) is 0 Å². The van der Waals surface area contributed by atoms with Crippen molar-refractivity contribution >= 4 is 35.9 Å². The Labute approximate surface area is 135 Å². The lowest BCUT2D eigenvalue weighted by molar-refractivity contribution is 0.125. The highest BCUT2D eigenvalue weighted by molar-refractivity contribution is 7.80. The number of hydrogen-bond acceptors (Lipinski definition) is 4. The summed E-state index contributed by atoms with van der Waals surface area (Å²) in [5, 5.41) is 9.51. The Hall–Kier alpha value is -0.950. The number of carbonyl (C=O) groups excluding carboxylic acids is 1. The summed E-state index contributed by atoms with van der Waals surface area (Å²) >= 11 is 10.4. The summed E-state index contributed by atoms with van der Waals surface area (Å²) < 4.78 is 0. The summed E-state index contributed by atoms with van der Waals surface area (Å²) in [6.07, 6.45) is 0. The molecule has 1 fully saturated rings. The van der Waals surface area contributed by atoms with E-state index in [0.717, 1.165) is 13.1 Å². The highest BCUT2D eigenvalue weighted by Gasteiger charge is 2.24. The number of urea groups is 1. The van der Waals surface area contributed by atoms with Crippen molar-refractivity contribution in [3.05, 3.63) is 23.2 Å². The van der Waals surface area contributed by atoms with E-state index in [1.54, 1.807) is 30.1 Å². The van der Waals surface area contributed by atoms with E-state index in [2.05, 4.69) is 17.5 Å². The van der Waals surface area contributed by atoms with Crippen molar-refractivity contribution in [2.45, 2.75) is 4.90 Å². The van der Waals surface area contributed by atoms with Gasteiger partial charge in [-0.05, 0) is 18.2 Å². The first-order chi connectivity index (χ1) is 10.0. The maximum Gasteiger partial charge on any atom is 0.324 e. The molecule has 7 heteroatoms. The average molecular weight is 330 g/mol. The summed E-state index contributed by atoms with van der Waals surface area (Å²) in [6.45, 7) is 3.69. The SMILES string of the molecule is CN(C(=O)N1CCN(CCO)CC1)c1cc(Cl)ccc1S. The summed E-state index contributed by atoms with van der Waals surface area (Å²) in [7, 11) is 1.73. The van der Waals surface area contributed by atoms with Gasteiger partial charge in [-0.1, -0.05) is 11.6 Å². The van der Waals surface area contributed by atoms with Gasteiger partial charge in [0, 0.05) is 49.7 Å². The van der Waals surface area contributed by atoms with E-state index in [1.165, 1.54) is 0 Å². The number of hydrogen-bond donors (Lipinski definition) is 2. The molecule has 1 heterocycles. The molecule has 0 atom stereocenters. The zero-order valence-corrected chi connectivity index (χ0v) is 13.6. The van der Waals surface area contributed by atoms with Gasteiger partial charge < -0.3 is 10.0 Å². The van der Waals surface area contributed by atoms with Gasteiger partial charge in [0.05, 0.1) is 12.3 Å². The first-order valence-electron chi connectivity index (χ1n) is 6.87. The van der Waals surface area contributed by atoms with E-state index in [1.807, 2.05) is 4.90 Å². The van der Waals surface area contributed by atoms with E-state index in [0.29, 0.717) is 35.2 Å². The Morgan fingerprint density at radius 3 is 2.67 bits per heavy atom. The highest BCUT2D eigenvalue weighted by Crippen LogP contribution is 2.27. The Balaban J connectivity index is 2.01. The molecule has 2 amide bonds. The fraction of sp³-hybridized carbons (Fsp3) is 0.500. The van der Waals surface area contributed by atoms with Crippen LogP contribution < -0.4 is 4.90 Å². The molecule has 1 aromatic rings. The third-order valence-corrected chi connectivity index (χ3v) is 4.26. The Morgan fingerprint density at radius 1 is 1.38 bits per heavy atom. The topological polar surface area (TPSA) is 47.0 Å². The van der Waals surface area contributed by atoms with Gasteiger partial charge >= 0.3 is 6.03 Å². The van der Waals surface area contributed by atoms with Gasteiger partial charge in [0.15, 0.2) is 0 Å². The van der Waals surface area contributed by atoms with Gasteiger partial charge in [-0.3, -0.25) is 9.80 Å². The molecule has 1 saturated heterocycles. The van der Waals surface area contributed by atoms with Crippen molar-refractivity contribution in [1.82, 2.24) is 9.80 Å². The van der Waals surface area contributed by atoms with Crippen LogP contribution in [0.2, 0.25) is 5.02 Å². The van der Waals surface area contributed by atoms with Crippen molar-refractivity contribution in [3.8, 4) is 0 Å². The maximum absolute atomic E-state index is 12.5. The normalized spacial score (nSPS) is 16.1. The second kappa shape index (κ2) is 7.35. The molecule has 1 N–H and O–H groups in total. The van der Waals surface area contributed by atoms with Crippen molar-refractivity contribution in [2.75, 3.05) is 51.3 Å². The smallest absolute Gasteiger partial charge is 0.324 e. The number of piperazine rings is 1. The summed E-state index contributed by atoms with van der Waals surface area (Å²) in [6, 6.07) is 5.21. The molecule has 5 nitrogen and oxygen atoms in total. The predicted molar refractivity (Wildman–Crippen MR) is 87.6 cm³/mol. The van der Waals surface area contributed by atoms with Crippen LogP contribution in [0.1, 0.15) is 0 Å². The van der Waals surface area contributed by atoms with E-state index in [4.69, 9.17) is 16.7 Å². The van der Waals surface area contributed by atoms with Crippen LogP contribution >= 0.6 is 24.2 Å². The molecule has 1 aromatic carbocycles. The Bertz CT molecular complexity index is 507. The minimum atomic E-state index is -0.0591. The van der Waals surface area contributed by atoms with Crippen LogP contribution in [0.15, 0.2) is 23.1 Å². The standard InChI is InChI=1S/C14H20ClN3O2S/c1-16(12-10-11(15)2-3-13(12)21)14(20)18-6-4-17(5-7-18)8-9-19/h2-3,10,19,21H,4-9H2,1H3. The third-order valence-electron chi connectivity index (χ3n) is 3.64. The summed E-state index contributed by atoms with van der Waals surface area (Å²) in [5.74, 6) is 0. The fourth-order valence-corrected chi connectivity index (χ4v) is 2.84. The summed E-state index contributed by atoms with van der Waals surface area (Å²) in [4.78, 5) is 18.8.